The molecule has 62 valence electrons. The van der Waals surface area contributed by atoms with Crippen molar-refractivity contribution in [2.45, 2.75) is 37.8 Å². The number of hydrogen-bond acceptors (Lipinski definition) is 2. The Hall–Kier alpha value is -0.570. The molecule has 2 aliphatic heterocycles. The standard InChI is InChI=1S/C8H14N2O/c9-6-3-4-10-7(5-6)1-2-8(10)11/h6-7H,1-5,9H2/t6-,7-/m1/s1. The molecule has 0 aromatic rings. The molecule has 11 heavy (non-hydrogen) atoms. The van der Waals surface area contributed by atoms with Gasteiger partial charge in [-0.25, -0.2) is 0 Å². The van der Waals surface area contributed by atoms with Gasteiger partial charge in [-0.05, 0) is 19.3 Å². The second-order valence-electron chi connectivity index (χ2n) is 3.56. The van der Waals surface area contributed by atoms with Crippen molar-refractivity contribution in [1.29, 1.82) is 0 Å². The van der Waals surface area contributed by atoms with Crippen molar-refractivity contribution >= 4 is 5.91 Å². The first kappa shape index (κ1) is 7.10. The quantitative estimate of drug-likeness (QED) is 0.538. The SMILES string of the molecule is N[C@@H]1CCN2C(=O)CC[C@@H]2C1. The summed E-state index contributed by atoms with van der Waals surface area (Å²) in [7, 11) is 0. The zero-order valence-electron chi connectivity index (χ0n) is 6.62. The molecule has 0 aromatic heterocycles. The Balaban J connectivity index is 2.06. The average molecular weight is 154 g/mol. The highest BCUT2D eigenvalue weighted by Crippen LogP contribution is 2.26. The van der Waals surface area contributed by atoms with E-state index in [1.54, 1.807) is 0 Å². The fourth-order valence-corrected chi connectivity index (χ4v) is 2.12. The van der Waals surface area contributed by atoms with E-state index in [2.05, 4.69) is 0 Å². The van der Waals surface area contributed by atoms with Crippen LogP contribution in [0.4, 0.5) is 0 Å². The summed E-state index contributed by atoms with van der Waals surface area (Å²) in [6.07, 6.45) is 3.79. The van der Waals surface area contributed by atoms with E-state index >= 15 is 0 Å². The van der Waals surface area contributed by atoms with E-state index in [4.69, 9.17) is 5.73 Å². The molecule has 2 saturated heterocycles. The van der Waals surface area contributed by atoms with Crippen LogP contribution in [0.3, 0.4) is 0 Å². The van der Waals surface area contributed by atoms with Gasteiger partial charge in [0, 0.05) is 25.0 Å². The summed E-state index contributed by atoms with van der Waals surface area (Å²) in [5.74, 6) is 0.335. The van der Waals surface area contributed by atoms with Crippen LogP contribution in [0.5, 0.6) is 0 Å². The third-order valence-electron chi connectivity index (χ3n) is 2.77. The van der Waals surface area contributed by atoms with E-state index in [0.717, 1.165) is 32.2 Å². The Morgan fingerprint density at radius 1 is 1.45 bits per heavy atom. The summed E-state index contributed by atoms with van der Waals surface area (Å²) < 4.78 is 0. The maximum absolute atomic E-state index is 11.2. The molecule has 0 aromatic carbocycles. The number of rotatable bonds is 0. The Morgan fingerprint density at radius 2 is 2.27 bits per heavy atom. The molecular weight excluding hydrogens is 140 g/mol. The molecule has 2 rings (SSSR count). The second kappa shape index (κ2) is 2.48. The molecule has 0 bridgehead atoms. The van der Waals surface area contributed by atoms with Gasteiger partial charge in [-0.1, -0.05) is 0 Å². The lowest BCUT2D eigenvalue weighted by atomic mass is 9.99. The molecular formula is C8H14N2O. The Kier molecular flexibility index (Phi) is 1.60. The first-order valence-corrected chi connectivity index (χ1v) is 4.32. The molecule has 0 unspecified atom stereocenters. The van der Waals surface area contributed by atoms with Crippen molar-refractivity contribution in [3.63, 3.8) is 0 Å². The topological polar surface area (TPSA) is 46.3 Å². The van der Waals surface area contributed by atoms with E-state index in [0.29, 0.717) is 18.0 Å². The number of nitrogens with zero attached hydrogens (tertiary/aromatic N) is 1. The third kappa shape index (κ3) is 1.13. The lowest BCUT2D eigenvalue weighted by Gasteiger charge is -2.33. The highest BCUT2D eigenvalue weighted by Gasteiger charge is 2.34. The fourth-order valence-electron chi connectivity index (χ4n) is 2.12. The van der Waals surface area contributed by atoms with Crippen LogP contribution < -0.4 is 5.73 Å². The lowest BCUT2D eigenvalue weighted by molar-refractivity contribution is -0.129. The maximum Gasteiger partial charge on any atom is 0.222 e. The van der Waals surface area contributed by atoms with Crippen molar-refractivity contribution in [3.05, 3.63) is 0 Å². The maximum atomic E-state index is 11.2. The summed E-state index contributed by atoms with van der Waals surface area (Å²) in [5.41, 5.74) is 5.80. The molecule has 2 aliphatic rings. The number of carbonyl (C=O) groups excluding carboxylic acids is 1. The van der Waals surface area contributed by atoms with Crippen LogP contribution in [-0.4, -0.2) is 29.4 Å². The summed E-state index contributed by atoms with van der Waals surface area (Å²) in [6, 6.07) is 0.813. The summed E-state index contributed by atoms with van der Waals surface area (Å²) in [4.78, 5) is 13.2. The minimum Gasteiger partial charge on any atom is -0.340 e. The number of nitrogens with two attached hydrogens (primary N) is 1. The molecule has 2 fully saturated rings. The van der Waals surface area contributed by atoms with Crippen molar-refractivity contribution < 1.29 is 4.79 Å². The molecule has 2 atom stereocenters. The van der Waals surface area contributed by atoms with Crippen LogP contribution in [0.1, 0.15) is 25.7 Å². The highest BCUT2D eigenvalue weighted by atomic mass is 16.2. The normalized spacial score (nSPS) is 37.5. The molecule has 3 heteroatoms. The lowest BCUT2D eigenvalue weighted by Crippen LogP contribution is -2.45. The van der Waals surface area contributed by atoms with Crippen molar-refractivity contribution in [3.8, 4) is 0 Å². The molecule has 0 saturated carbocycles. The minimum absolute atomic E-state index is 0.335. The number of fused-ring (bicyclic) bond motifs is 1. The van der Waals surface area contributed by atoms with E-state index < -0.39 is 0 Å². The van der Waals surface area contributed by atoms with Gasteiger partial charge in [0.2, 0.25) is 5.91 Å². The predicted octanol–water partition coefficient (Wildman–Crippen LogP) is 0.0985. The Morgan fingerprint density at radius 3 is 3.09 bits per heavy atom. The highest BCUT2D eigenvalue weighted by molar-refractivity contribution is 5.78. The number of carbonyl (C=O) groups is 1. The molecule has 0 spiro atoms. The van der Waals surface area contributed by atoms with Gasteiger partial charge in [0.25, 0.3) is 0 Å². The van der Waals surface area contributed by atoms with Gasteiger partial charge in [0.15, 0.2) is 0 Å². The van der Waals surface area contributed by atoms with Gasteiger partial charge < -0.3 is 10.6 Å². The third-order valence-corrected chi connectivity index (χ3v) is 2.77. The minimum atomic E-state index is 0.335. The van der Waals surface area contributed by atoms with Gasteiger partial charge in [0.1, 0.15) is 0 Å². The fraction of sp³-hybridized carbons (Fsp3) is 0.875. The average Bonchev–Trinajstić information content (AvgIpc) is 2.32. The van der Waals surface area contributed by atoms with E-state index in [-0.39, 0.29) is 0 Å². The van der Waals surface area contributed by atoms with Crippen LogP contribution in [0, 0.1) is 0 Å². The van der Waals surface area contributed by atoms with Crippen LogP contribution in [0.2, 0.25) is 0 Å². The van der Waals surface area contributed by atoms with Crippen LogP contribution >= 0.6 is 0 Å². The molecule has 2 N–H and O–H groups in total. The van der Waals surface area contributed by atoms with Gasteiger partial charge >= 0.3 is 0 Å². The van der Waals surface area contributed by atoms with Gasteiger partial charge in [-0.2, -0.15) is 0 Å². The van der Waals surface area contributed by atoms with Crippen LogP contribution in [-0.2, 0) is 4.79 Å². The van der Waals surface area contributed by atoms with E-state index in [1.165, 1.54) is 0 Å². The van der Waals surface area contributed by atoms with Crippen LogP contribution in [0.15, 0.2) is 0 Å². The van der Waals surface area contributed by atoms with Gasteiger partial charge in [0.05, 0.1) is 0 Å². The summed E-state index contributed by atoms with van der Waals surface area (Å²) >= 11 is 0. The predicted molar refractivity (Wildman–Crippen MR) is 41.9 cm³/mol. The monoisotopic (exact) mass is 154 g/mol. The number of piperidine rings is 1. The van der Waals surface area contributed by atoms with E-state index in [1.807, 2.05) is 4.90 Å². The molecule has 0 radical (unpaired) electrons. The first-order chi connectivity index (χ1) is 5.27. The zero-order valence-corrected chi connectivity index (χ0v) is 6.62. The summed E-state index contributed by atoms with van der Waals surface area (Å²) in [6.45, 7) is 0.894. The molecule has 2 heterocycles. The van der Waals surface area contributed by atoms with Crippen molar-refractivity contribution in [2.24, 2.45) is 5.73 Å². The van der Waals surface area contributed by atoms with Gasteiger partial charge in [-0.3, -0.25) is 4.79 Å². The Labute approximate surface area is 66.5 Å². The Bertz CT molecular complexity index is 181. The smallest absolute Gasteiger partial charge is 0.222 e. The van der Waals surface area contributed by atoms with Crippen molar-refractivity contribution in [1.82, 2.24) is 4.90 Å². The van der Waals surface area contributed by atoms with E-state index in [9.17, 15) is 4.79 Å². The number of hydrogen-bond donors (Lipinski definition) is 1. The summed E-state index contributed by atoms with van der Waals surface area (Å²) in [5, 5.41) is 0. The number of amides is 1. The van der Waals surface area contributed by atoms with Crippen LogP contribution in [0.25, 0.3) is 0 Å². The molecule has 1 amide bonds. The van der Waals surface area contributed by atoms with Gasteiger partial charge in [-0.15, -0.1) is 0 Å². The zero-order chi connectivity index (χ0) is 7.84. The molecule has 0 aliphatic carbocycles. The molecule has 3 nitrogen and oxygen atoms in total. The first-order valence-electron chi connectivity index (χ1n) is 4.32. The van der Waals surface area contributed by atoms with Crippen molar-refractivity contribution in [2.75, 3.05) is 6.54 Å². The largest absolute Gasteiger partial charge is 0.340 e. The second-order valence-corrected chi connectivity index (χ2v) is 3.56.